The molecular weight excluding hydrogens is 367 g/mol. The van der Waals surface area contributed by atoms with Crippen molar-refractivity contribution in [1.29, 1.82) is 0 Å². The van der Waals surface area contributed by atoms with Gasteiger partial charge in [-0.05, 0) is 60.7 Å². The fourth-order valence-electron chi connectivity index (χ4n) is 3.89. The zero-order valence-electron chi connectivity index (χ0n) is 15.6. The minimum Gasteiger partial charge on any atom is -0.383 e. The van der Waals surface area contributed by atoms with Crippen molar-refractivity contribution in [2.45, 2.75) is 25.2 Å². The summed E-state index contributed by atoms with van der Waals surface area (Å²) in [5.41, 5.74) is 11.9. The molecule has 1 saturated carbocycles. The van der Waals surface area contributed by atoms with Gasteiger partial charge in [-0.25, -0.2) is 14.1 Å². The third kappa shape index (κ3) is 2.77. The van der Waals surface area contributed by atoms with Crippen LogP contribution < -0.4 is 5.73 Å². The number of benzene rings is 2. The number of hydrogen-bond donors (Lipinski definition) is 3. The maximum Gasteiger partial charge on any atom is 0.130 e. The van der Waals surface area contributed by atoms with Crippen LogP contribution in [0.15, 0.2) is 48.7 Å². The third-order valence-corrected chi connectivity index (χ3v) is 5.60. The summed E-state index contributed by atoms with van der Waals surface area (Å²) in [6.07, 6.45) is 4.80. The molecule has 7 heteroatoms. The Labute approximate surface area is 165 Å². The van der Waals surface area contributed by atoms with Crippen LogP contribution in [0.5, 0.6) is 0 Å². The second kappa shape index (κ2) is 5.94. The Morgan fingerprint density at radius 1 is 1.07 bits per heavy atom. The van der Waals surface area contributed by atoms with Crippen molar-refractivity contribution in [2.75, 3.05) is 5.73 Å². The lowest BCUT2D eigenvalue weighted by Gasteiger charge is -2.05. The largest absolute Gasteiger partial charge is 0.383 e. The van der Waals surface area contributed by atoms with Crippen molar-refractivity contribution in [3.63, 3.8) is 0 Å². The summed E-state index contributed by atoms with van der Waals surface area (Å²) in [6.45, 7) is 0. The van der Waals surface area contributed by atoms with Crippen molar-refractivity contribution in [3.8, 4) is 5.69 Å². The molecule has 0 unspecified atom stereocenters. The number of fused-ring (bicyclic) bond motifs is 2. The monoisotopic (exact) mass is 386 g/mol. The lowest BCUT2D eigenvalue weighted by Crippen LogP contribution is -2.03. The Morgan fingerprint density at radius 3 is 2.83 bits per heavy atom. The fraction of sp³-hybridized carbons (Fsp3) is 0.182. The predicted octanol–water partition coefficient (Wildman–Crippen LogP) is 4.42. The van der Waals surface area contributed by atoms with Crippen LogP contribution in [0.25, 0.3) is 27.6 Å². The highest BCUT2D eigenvalue weighted by molar-refractivity contribution is 5.80. The van der Waals surface area contributed by atoms with E-state index in [1.165, 1.54) is 25.0 Å². The lowest BCUT2D eigenvalue weighted by atomic mass is 10.1. The standard InChI is InChI=1S/C22H19FN6/c23-15-4-3-13-7-16(26-19(13)9-15)8-14-11-25-29(21(14)24)17-5-6-18-20(10-17)28-22(27-18)12-1-2-12/h3-7,9-12,26H,1-2,8,24H2,(H,27,28). The molecular formula is C22H19FN6. The van der Waals surface area contributed by atoms with Gasteiger partial charge in [-0.2, -0.15) is 5.10 Å². The SMILES string of the molecule is Nc1c(Cc2cc3ccc(F)cc3[nH]2)cnn1-c1ccc2[nH]c(C3CC3)nc2c1. The third-order valence-electron chi connectivity index (χ3n) is 5.60. The molecule has 0 radical (unpaired) electrons. The van der Waals surface area contributed by atoms with Gasteiger partial charge in [0.25, 0.3) is 0 Å². The van der Waals surface area contributed by atoms with Gasteiger partial charge in [0, 0.05) is 29.1 Å². The minimum absolute atomic E-state index is 0.253. The van der Waals surface area contributed by atoms with Crippen LogP contribution in [0, 0.1) is 5.82 Å². The number of anilines is 1. The molecule has 144 valence electrons. The molecule has 1 aliphatic rings. The summed E-state index contributed by atoms with van der Waals surface area (Å²) in [6, 6.07) is 12.8. The number of aromatic nitrogens is 5. The van der Waals surface area contributed by atoms with E-state index in [9.17, 15) is 4.39 Å². The number of hydrogen-bond acceptors (Lipinski definition) is 3. The van der Waals surface area contributed by atoms with Crippen LogP contribution in [-0.2, 0) is 6.42 Å². The summed E-state index contributed by atoms with van der Waals surface area (Å²) in [4.78, 5) is 11.4. The van der Waals surface area contributed by atoms with Gasteiger partial charge in [-0.3, -0.25) is 0 Å². The number of nitrogens with one attached hydrogen (secondary N) is 2. The first-order valence-corrected chi connectivity index (χ1v) is 9.73. The van der Waals surface area contributed by atoms with Gasteiger partial charge < -0.3 is 15.7 Å². The lowest BCUT2D eigenvalue weighted by molar-refractivity contribution is 0.629. The number of halogens is 1. The molecule has 0 saturated heterocycles. The van der Waals surface area contributed by atoms with Gasteiger partial charge >= 0.3 is 0 Å². The molecule has 3 heterocycles. The van der Waals surface area contributed by atoms with Crippen molar-refractivity contribution >= 4 is 27.8 Å². The average Bonchev–Trinajstić information content (AvgIpc) is 3.20. The smallest absolute Gasteiger partial charge is 0.130 e. The van der Waals surface area contributed by atoms with Crippen molar-refractivity contribution < 1.29 is 4.39 Å². The molecule has 0 aliphatic heterocycles. The van der Waals surface area contributed by atoms with E-state index >= 15 is 0 Å². The van der Waals surface area contributed by atoms with Gasteiger partial charge in [0.05, 0.1) is 22.9 Å². The topological polar surface area (TPSA) is 88.3 Å². The quantitative estimate of drug-likeness (QED) is 0.427. The fourth-order valence-corrected chi connectivity index (χ4v) is 3.89. The molecule has 2 aromatic carbocycles. The number of nitrogens with zero attached hydrogens (tertiary/aromatic N) is 3. The van der Waals surface area contributed by atoms with Gasteiger partial charge in [-0.15, -0.1) is 0 Å². The zero-order valence-corrected chi connectivity index (χ0v) is 15.6. The molecule has 1 fully saturated rings. The molecule has 1 aliphatic carbocycles. The molecule has 0 spiro atoms. The van der Waals surface area contributed by atoms with E-state index in [1.807, 2.05) is 24.3 Å². The van der Waals surface area contributed by atoms with Crippen LogP contribution in [-0.4, -0.2) is 24.7 Å². The molecule has 5 aromatic rings. The molecule has 0 atom stereocenters. The Hall–Kier alpha value is -3.61. The zero-order chi connectivity index (χ0) is 19.5. The number of aromatic amines is 2. The van der Waals surface area contributed by atoms with E-state index in [0.29, 0.717) is 18.2 Å². The van der Waals surface area contributed by atoms with Gasteiger partial charge in [0.2, 0.25) is 0 Å². The number of nitrogens with two attached hydrogens (primary N) is 1. The highest BCUT2D eigenvalue weighted by atomic mass is 19.1. The Bertz CT molecular complexity index is 1370. The van der Waals surface area contributed by atoms with E-state index in [1.54, 1.807) is 16.9 Å². The second-order valence-corrected chi connectivity index (χ2v) is 7.77. The maximum absolute atomic E-state index is 13.4. The van der Waals surface area contributed by atoms with E-state index in [2.05, 4.69) is 15.1 Å². The molecule has 3 aromatic heterocycles. The van der Waals surface area contributed by atoms with E-state index in [4.69, 9.17) is 10.7 Å². The molecule has 0 amide bonds. The van der Waals surface area contributed by atoms with Crippen molar-refractivity contribution in [3.05, 3.63) is 71.6 Å². The summed E-state index contributed by atoms with van der Waals surface area (Å²) < 4.78 is 15.2. The first-order valence-electron chi connectivity index (χ1n) is 9.73. The number of imidazole rings is 1. The number of nitrogen functional groups attached to an aromatic ring is 1. The summed E-state index contributed by atoms with van der Waals surface area (Å²) >= 11 is 0. The molecule has 6 rings (SSSR count). The van der Waals surface area contributed by atoms with Crippen LogP contribution in [0.4, 0.5) is 10.2 Å². The Morgan fingerprint density at radius 2 is 1.97 bits per heavy atom. The first-order chi connectivity index (χ1) is 14.1. The molecule has 29 heavy (non-hydrogen) atoms. The normalized spacial score (nSPS) is 14.2. The number of H-pyrrole nitrogens is 2. The van der Waals surface area contributed by atoms with Crippen molar-refractivity contribution in [1.82, 2.24) is 24.7 Å². The average molecular weight is 386 g/mol. The van der Waals surface area contributed by atoms with E-state index < -0.39 is 0 Å². The van der Waals surface area contributed by atoms with Crippen LogP contribution in [0.2, 0.25) is 0 Å². The Balaban J connectivity index is 1.33. The van der Waals surface area contributed by atoms with E-state index in [-0.39, 0.29) is 5.82 Å². The van der Waals surface area contributed by atoms with Gasteiger partial charge in [0.1, 0.15) is 17.5 Å². The van der Waals surface area contributed by atoms with Gasteiger partial charge in [0.15, 0.2) is 0 Å². The summed E-state index contributed by atoms with van der Waals surface area (Å²) in [7, 11) is 0. The molecule has 4 N–H and O–H groups in total. The van der Waals surface area contributed by atoms with Gasteiger partial charge in [-0.1, -0.05) is 0 Å². The predicted molar refractivity (Wildman–Crippen MR) is 111 cm³/mol. The van der Waals surface area contributed by atoms with Crippen LogP contribution >= 0.6 is 0 Å². The first kappa shape index (κ1) is 16.4. The van der Waals surface area contributed by atoms with Crippen LogP contribution in [0.3, 0.4) is 0 Å². The highest BCUT2D eigenvalue weighted by Crippen LogP contribution is 2.39. The second-order valence-electron chi connectivity index (χ2n) is 7.77. The molecule has 6 nitrogen and oxygen atoms in total. The number of rotatable bonds is 4. The Kier molecular flexibility index (Phi) is 3.35. The maximum atomic E-state index is 13.4. The highest BCUT2D eigenvalue weighted by Gasteiger charge is 2.26. The van der Waals surface area contributed by atoms with Crippen LogP contribution in [0.1, 0.15) is 35.8 Å². The van der Waals surface area contributed by atoms with E-state index in [0.717, 1.165) is 44.7 Å². The molecule has 0 bridgehead atoms. The van der Waals surface area contributed by atoms with Crippen molar-refractivity contribution in [2.24, 2.45) is 0 Å². The minimum atomic E-state index is -0.253. The summed E-state index contributed by atoms with van der Waals surface area (Å²) in [5.74, 6) is 1.99. The summed E-state index contributed by atoms with van der Waals surface area (Å²) in [5, 5.41) is 5.47.